The maximum atomic E-state index is 6.48. The van der Waals surface area contributed by atoms with Crippen molar-refractivity contribution in [1.29, 1.82) is 0 Å². The fourth-order valence-electron chi connectivity index (χ4n) is 6.23. The number of halogens is 1. The standard InChI is InChI=1S/C30H30ClN9O3/c1-30(25-6-5-20(31)15-32-25)42-24-4-2-3-22(27(24)43-30)18-7-10-39(11-8-18)17-26-34-23-13-19(28-35-37-38-36-28)14-33-29(23)40(26)16-21-9-12-41-21/h2-6,13-15,18,21H,7-12,16-17H2,1H3,(H,35,36,37,38)/t21-,30-/m0/s1. The van der Waals surface area contributed by atoms with Crippen LogP contribution in [0.2, 0.25) is 5.02 Å². The Balaban J connectivity index is 0.995. The first-order valence-corrected chi connectivity index (χ1v) is 15.0. The van der Waals surface area contributed by atoms with Gasteiger partial charge in [-0.3, -0.25) is 9.88 Å². The van der Waals surface area contributed by atoms with Gasteiger partial charge in [-0.25, -0.2) is 9.97 Å². The Morgan fingerprint density at radius 2 is 1.95 bits per heavy atom. The average molecular weight is 600 g/mol. The summed E-state index contributed by atoms with van der Waals surface area (Å²) in [5, 5.41) is 14.9. The van der Waals surface area contributed by atoms with Gasteiger partial charge in [-0.2, -0.15) is 5.21 Å². The molecule has 2 fully saturated rings. The SMILES string of the molecule is C[C@]1(c2ccc(Cl)cn2)Oc2cccc(C3CCN(Cc4nc5cc(-c6nn[nH]n6)cnc5n4C[C@@H]4CCO4)CC3)c2O1. The van der Waals surface area contributed by atoms with E-state index in [2.05, 4.69) is 41.1 Å². The molecule has 0 radical (unpaired) electrons. The normalized spacial score (nSPS) is 22.2. The Morgan fingerprint density at radius 3 is 2.70 bits per heavy atom. The third-order valence-electron chi connectivity index (χ3n) is 8.64. The van der Waals surface area contributed by atoms with Gasteiger partial charge in [-0.05, 0) is 67.7 Å². The summed E-state index contributed by atoms with van der Waals surface area (Å²) in [5.74, 6) is 2.41. The predicted octanol–water partition coefficient (Wildman–Crippen LogP) is 4.47. The van der Waals surface area contributed by atoms with Crippen LogP contribution in [0.3, 0.4) is 0 Å². The zero-order valence-corrected chi connectivity index (χ0v) is 24.4. The predicted molar refractivity (Wildman–Crippen MR) is 157 cm³/mol. The summed E-state index contributed by atoms with van der Waals surface area (Å²) >= 11 is 6.06. The highest BCUT2D eigenvalue weighted by molar-refractivity contribution is 6.30. The van der Waals surface area contributed by atoms with Gasteiger partial charge in [0, 0.05) is 37.1 Å². The molecule has 0 unspecified atom stereocenters. The quantitative estimate of drug-likeness (QED) is 0.286. The van der Waals surface area contributed by atoms with Crippen molar-refractivity contribution in [2.24, 2.45) is 0 Å². The summed E-state index contributed by atoms with van der Waals surface area (Å²) in [6, 6.07) is 11.8. The maximum absolute atomic E-state index is 6.48. The lowest BCUT2D eigenvalue weighted by Gasteiger charge is -2.33. The third kappa shape index (κ3) is 4.89. The molecule has 0 saturated carbocycles. The van der Waals surface area contributed by atoms with Crippen molar-refractivity contribution in [3.8, 4) is 22.9 Å². The Hall–Kier alpha value is -4.13. The van der Waals surface area contributed by atoms with Crippen molar-refractivity contribution in [3.05, 3.63) is 70.9 Å². The van der Waals surface area contributed by atoms with Gasteiger partial charge < -0.3 is 18.8 Å². The average Bonchev–Trinajstić information content (AvgIpc) is 3.73. The number of piperidine rings is 1. The molecular weight excluding hydrogens is 570 g/mol. The van der Waals surface area contributed by atoms with Crippen LogP contribution in [0.1, 0.15) is 49.2 Å². The van der Waals surface area contributed by atoms with Crippen LogP contribution in [0.15, 0.2) is 48.8 Å². The summed E-state index contributed by atoms with van der Waals surface area (Å²) in [6.07, 6.45) is 6.64. The molecule has 0 bridgehead atoms. The van der Waals surface area contributed by atoms with Gasteiger partial charge in [-0.15, -0.1) is 10.2 Å². The highest BCUT2D eigenvalue weighted by Gasteiger charge is 2.42. The highest BCUT2D eigenvalue weighted by atomic mass is 35.5. The summed E-state index contributed by atoms with van der Waals surface area (Å²) in [4.78, 5) is 16.7. The fourth-order valence-corrected chi connectivity index (χ4v) is 6.34. The van der Waals surface area contributed by atoms with Crippen molar-refractivity contribution >= 4 is 22.8 Å². The number of fused-ring (bicyclic) bond motifs is 2. The number of tetrazole rings is 1. The molecule has 4 aromatic heterocycles. The molecule has 1 aromatic carbocycles. The van der Waals surface area contributed by atoms with E-state index in [1.165, 1.54) is 5.56 Å². The summed E-state index contributed by atoms with van der Waals surface area (Å²) in [7, 11) is 0. The van der Waals surface area contributed by atoms with Crippen LogP contribution >= 0.6 is 11.6 Å². The number of aromatic amines is 1. The lowest BCUT2D eigenvalue weighted by molar-refractivity contribution is -0.0722. The summed E-state index contributed by atoms with van der Waals surface area (Å²) < 4.78 is 20.8. The van der Waals surface area contributed by atoms with Crippen LogP contribution in [0.5, 0.6) is 11.5 Å². The van der Waals surface area contributed by atoms with E-state index in [4.69, 9.17) is 35.8 Å². The molecule has 5 aromatic rings. The van der Waals surface area contributed by atoms with Gasteiger partial charge >= 0.3 is 0 Å². The van der Waals surface area contributed by atoms with Crippen molar-refractivity contribution in [2.45, 2.75) is 57.1 Å². The number of hydrogen-bond acceptors (Lipinski definition) is 10. The molecule has 0 aliphatic carbocycles. The van der Waals surface area contributed by atoms with E-state index in [9.17, 15) is 0 Å². The van der Waals surface area contributed by atoms with Crippen LogP contribution < -0.4 is 9.47 Å². The Bertz CT molecular complexity index is 1770. The minimum Gasteiger partial charge on any atom is -0.443 e. The van der Waals surface area contributed by atoms with E-state index in [0.29, 0.717) is 22.5 Å². The lowest BCUT2D eigenvalue weighted by atomic mass is 9.88. The zero-order chi connectivity index (χ0) is 29.0. The molecule has 3 aliphatic heterocycles. The second-order valence-electron chi connectivity index (χ2n) is 11.5. The van der Waals surface area contributed by atoms with E-state index in [0.717, 1.165) is 86.1 Å². The van der Waals surface area contributed by atoms with E-state index in [-0.39, 0.29) is 6.10 Å². The monoisotopic (exact) mass is 599 g/mol. The van der Waals surface area contributed by atoms with Crippen molar-refractivity contribution < 1.29 is 14.2 Å². The molecule has 0 amide bonds. The molecule has 2 atom stereocenters. The molecule has 7 heterocycles. The van der Waals surface area contributed by atoms with Gasteiger partial charge in [0.05, 0.1) is 24.2 Å². The first-order valence-electron chi connectivity index (χ1n) is 14.6. The number of nitrogens with one attached hydrogen (secondary N) is 1. The number of likely N-dealkylation sites (tertiary alicyclic amines) is 1. The van der Waals surface area contributed by atoms with Crippen molar-refractivity contribution in [2.75, 3.05) is 19.7 Å². The molecule has 1 N–H and O–H groups in total. The molecule has 8 rings (SSSR count). The smallest absolute Gasteiger partial charge is 0.292 e. The van der Waals surface area contributed by atoms with Gasteiger partial charge in [0.25, 0.3) is 5.79 Å². The van der Waals surface area contributed by atoms with Crippen LogP contribution in [0.25, 0.3) is 22.6 Å². The van der Waals surface area contributed by atoms with Gasteiger partial charge in [0.2, 0.25) is 5.82 Å². The Morgan fingerprint density at radius 1 is 1.07 bits per heavy atom. The maximum Gasteiger partial charge on any atom is 0.292 e. The Kier molecular flexibility index (Phi) is 6.50. The number of H-pyrrole nitrogens is 1. The number of hydrogen-bond donors (Lipinski definition) is 1. The van der Waals surface area contributed by atoms with Crippen molar-refractivity contribution in [3.63, 3.8) is 0 Å². The number of benzene rings is 1. The number of rotatable bonds is 7. The third-order valence-corrected chi connectivity index (χ3v) is 8.87. The Labute approximate surface area is 252 Å². The first kappa shape index (κ1) is 26.5. The second-order valence-corrected chi connectivity index (χ2v) is 11.9. The minimum absolute atomic E-state index is 0.191. The van der Waals surface area contributed by atoms with Gasteiger partial charge in [0.15, 0.2) is 17.1 Å². The van der Waals surface area contributed by atoms with E-state index in [1.807, 2.05) is 31.2 Å². The molecule has 43 heavy (non-hydrogen) atoms. The molecule has 220 valence electrons. The summed E-state index contributed by atoms with van der Waals surface area (Å²) in [6.45, 7) is 6.07. The molecule has 2 saturated heterocycles. The molecule has 12 nitrogen and oxygen atoms in total. The molecule has 3 aliphatic rings. The largest absolute Gasteiger partial charge is 0.443 e. The number of imidazole rings is 1. The second kappa shape index (κ2) is 10.5. The number of pyridine rings is 2. The lowest BCUT2D eigenvalue weighted by Crippen LogP contribution is -2.35. The molecule has 13 heteroatoms. The minimum atomic E-state index is -0.995. The number of para-hydroxylation sites is 1. The van der Waals surface area contributed by atoms with Crippen LogP contribution in [-0.2, 0) is 23.6 Å². The van der Waals surface area contributed by atoms with Gasteiger partial charge in [0.1, 0.15) is 17.0 Å². The number of ether oxygens (including phenoxy) is 3. The van der Waals surface area contributed by atoms with E-state index < -0.39 is 5.79 Å². The highest BCUT2D eigenvalue weighted by Crippen LogP contribution is 2.49. The van der Waals surface area contributed by atoms with Gasteiger partial charge in [-0.1, -0.05) is 23.7 Å². The van der Waals surface area contributed by atoms with Crippen LogP contribution in [0.4, 0.5) is 0 Å². The zero-order valence-electron chi connectivity index (χ0n) is 23.6. The van der Waals surface area contributed by atoms with Crippen molar-refractivity contribution in [1.82, 2.24) is 45.0 Å². The summed E-state index contributed by atoms with van der Waals surface area (Å²) in [5.41, 5.74) is 4.32. The van der Waals surface area contributed by atoms with E-state index >= 15 is 0 Å². The topological polar surface area (TPSA) is 129 Å². The van der Waals surface area contributed by atoms with Crippen LogP contribution in [-0.4, -0.2) is 70.8 Å². The molecule has 0 spiro atoms. The fraction of sp³-hybridized carbons (Fsp3) is 0.400. The first-order chi connectivity index (χ1) is 21.0. The van der Waals surface area contributed by atoms with Crippen LogP contribution in [0, 0.1) is 0 Å². The number of aromatic nitrogens is 8. The van der Waals surface area contributed by atoms with E-state index in [1.54, 1.807) is 18.5 Å². The number of nitrogens with zero attached hydrogens (tertiary/aromatic N) is 8. The molecular formula is C30H30ClN9O3.